The maximum absolute atomic E-state index is 12.1. The van der Waals surface area contributed by atoms with Crippen LogP contribution in [0.5, 0.6) is 0 Å². The maximum atomic E-state index is 12.1. The number of likely N-dealkylation sites (N-methyl/N-ethyl adjacent to an activating group) is 1. The molecule has 2 heterocycles. The van der Waals surface area contributed by atoms with Crippen LogP contribution in [0.15, 0.2) is 12.3 Å². The van der Waals surface area contributed by atoms with Crippen LogP contribution >= 0.6 is 23.2 Å². The van der Waals surface area contributed by atoms with Gasteiger partial charge >= 0.3 is 5.97 Å². The fourth-order valence-corrected chi connectivity index (χ4v) is 2.33. The summed E-state index contributed by atoms with van der Waals surface area (Å²) in [6.45, 7) is 1.38. The number of halogens is 2. The van der Waals surface area contributed by atoms with Gasteiger partial charge in [-0.1, -0.05) is 23.2 Å². The number of morpholine rings is 1. The molecule has 0 spiro atoms. The zero-order valence-corrected chi connectivity index (χ0v) is 15.0. The van der Waals surface area contributed by atoms with Gasteiger partial charge in [-0.3, -0.25) is 9.59 Å². The molecule has 1 aliphatic rings. The minimum absolute atomic E-state index is 0.0654. The zero-order valence-electron chi connectivity index (χ0n) is 13.5. The predicted octanol–water partition coefficient (Wildman–Crippen LogP) is 0.862. The number of ether oxygens (including phenoxy) is 2. The van der Waals surface area contributed by atoms with Gasteiger partial charge in [0.2, 0.25) is 5.91 Å². The summed E-state index contributed by atoms with van der Waals surface area (Å²) in [6.07, 6.45) is 1.20. The van der Waals surface area contributed by atoms with Gasteiger partial charge in [0.1, 0.15) is 5.15 Å². The van der Waals surface area contributed by atoms with Gasteiger partial charge in [0.15, 0.2) is 6.61 Å². The first-order chi connectivity index (χ1) is 11.9. The second kappa shape index (κ2) is 8.98. The van der Waals surface area contributed by atoms with Crippen molar-refractivity contribution in [2.24, 2.45) is 0 Å². The van der Waals surface area contributed by atoms with E-state index in [9.17, 15) is 14.4 Å². The molecule has 0 bridgehead atoms. The fraction of sp³-hybridized carbons (Fsp3) is 0.467. The first-order valence-electron chi connectivity index (χ1n) is 7.46. The highest BCUT2D eigenvalue weighted by molar-refractivity contribution is 6.41. The summed E-state index contributed by atoms with van der Waals surface area (Å²) >= 11 is 11.4. The molecule has 0 saturated carbocycles. The largest absolute Gasteiger partial charge is 0.452 e. The lowest BCUT2D eigenvalue weighted by Crippen LogP contribution is -2.46. The van der Waals surface area contributed by atoms with Gasteiger partial charge in [-0.05, 0) is 6.07 Å². The third-order valence-corrected chi connectivity index (χ3v) is 4.21. The smallest absolute Gasteiger partial charge is 0.340 e. The summed E-state index contributed by atoms with van der Waals surface area (Å²) in [5.41, 5.74) is 0.0780. The van der Waals surface area contributed by atoms with E-state index < -0.39 is 18.5 Å². The topological polar surface area (TPSA) is 89.0 Å². The van der Waals surface area contributed by atoms with Crippen molar-refractivity contribution in [3.05, 3.63) is 28.0 Å². The average Bonchev–Trinajstić information content (AvgIpc) is 2.62. The number of pyridine rings is 1. The van der Waals surface area contributed by atoms with Crippen LogP contribution in [-0.4, -0.2) is 79.1 Å². The van der Waals surface area contributed by atoms with Crippen molar-refractivity contribution in [1.29, 1.82) is 0 Å². The maximum Gasteiger partial charge on any atom is 0.340 e. The Balaban J connectivity index is 1.81. The molecule has 136 valence electrons. The van der Waals surface area contributed by atoms with E-state index in [0.29, 0.717) is 26.3 Å². The summed E-state index contributed by atoms with van der Waals surface area (Å²) in [5, 5.41) is 0.173. The third kappa shape index (κ3) is 5.55. The first kappa shape index (κ1) is 19.4. The molecule has 2 rings (SSSR count). The number of hydrogen-bond acceptors (Lipinski definition) is 6. The van der Waals surface area contributed by atoms with E-state index >= 15 is 0 Å². The lowest BCUT2D eigenvalue weighted by molar-refractivity contribution is -0.143. The van der Waals surface area contributed by atoms with Gasteiger partial charge in [0.05, 0.1) is 30.3 Å². The second-order valence-corrected chi connectivity index (χ2v) is 6.08. The number of nitrogens with zero attached hydrogens (tertiary/aromatic N) is 3. The van der Waals surface area contributed by atoms with E-state index in [1.807, 2.05) is 0 Å². The number of esters is 1. The zero-order chi connectivity index (χ0) is 18.4. The van der Waals surface area contributed by atoms with Gasteiger partial charge in [-0.25, -0.2) is 9.78 Å². The van der Waals surface area contributed by atoms with Crippen molar-refractivity contribution in [2.45, 2.75) is 0 Å². The van der Waals surface area contributed by atoms with Crippen LogP contribution in [0.2, 0.25) is 10.2 Å². The molecule has 0 N–H and O–H groups in total. The van der Waals surface area contributed by atoms with Crippen LogP contribution in [0.1, 0.15) is 10.4 Å². The van der Waals surface area contributed by atoms with Crippen molar-refractivity contribution in [3.8, 4) is 0 Å². The molecular weight excluding hydrogens is 373 g/mol. The standard InChI is InChI=1S/C15H17Cl2N3O5/c1-19(8-12(21)20-2-4-24-5-3-20)13(22)9-25-15(23)10-6-11(16)14(17)18-7-10/h6-7H,2-5,8-9H2,1H3. The quantitative estimate of drug-likeness (QED) is 0.548. The second-order valence-electron chi connectivity index (χ2n) is 5.32. The van der Waals surface area contributed by atoms with Gasteiger partial charge in [0, 0.05) is 26.3 Å². The molecule has 0 aromatic carbocycles. The third-order valence-electron chi connectivity index (χ3n) is 3.52. The lowest BCUT2D eigenvalue weighted by Gasteiger charge is -2.28. The Hall–Kier alpha value is -1.90. The number of carbonyl (C=O) groups excluding carboxylic acids is 3. The lowest BCUT2D eigenvalue weighted by atomic mass is 10.3. The Morgan fingerprint density at radius 3 is 2.64 bits per heavy atom. The molecular formula is C15H17Cl2N3O5. The van der Waals surface area contributed by atoms with Crippen molar-refractivity contribution >= 4 is 41.0 Å². The Kier molecular flexibility index (Phi) is 6.98. The summed E-state index contributed by atoms with van der Waals surface area (Å²) in [5.74, 6) is -1.44. The molecule has 0 atom stereocenters. The first-order valence-corrected chi connectivity index (χ1v) is 8.21. The normalized spacial score (nSPS) is 14.1. The summed E-state index contributed by atoms with van der Waals surface area (Å²) in [4.78, 5) is 42.5. The van der Waals surface area contributed by atoms with E-state index in [2.05, 4.69) is 4.98 Å². The van der Waals surface area contributed by atoms with Crippen LogP contribution in [0.3, 0.4) is 0 Å². The monoisotopic (exact) mass is 389 g/mol. The molecule has 1 saturated heterocycles. The van der Waals surface area contributed by atoms with Crippen LogP contribution in [0.4, 0.5) is 0 Å². The molecule has 10 heteroatoms. The van der Waals surface area contributed by atoms with Crippen LogP contribution in [0, 0.1) is 0 Å². The highest BCUT2D eigenvalue weighted by Gasteiger charge is 2.21. The minimum Gasteiger partial charge on any atom is -0.452 e. The highest BCUT2D eigenvalue weighted by Crippen LogP contribution is 2.20. The number of carbonyl (C=O) groups is 3. The van der Waals surface area contributed by atoms with Crippen molar-refractivity contribution in [2.75, 3.05) is 46.5 Å². The average molecular weight is 390 g/mol. The van der Waals surface area contributed by atoms with E-state index in [4.69, 9.17) is 32.7 Å². The molecule has 0 aliphatic carbocycles. The highest BCUT2D eigenvalue weighted by atomic mass is 35.5. The van der Waals surface area contributed by atoms with E-state index in [1.165, 1.54) is 24.2 Å². The molecule has 1 aromatic heterocycles. The molecule has 1 aromatic rings. The van der Waals surface area contributed by atoms with Gasteiger partial charge in [-0.2, -0.15) is 0 Å². The van der Waals surface area contributed by atoms with Gasteiger partial charge in [-0.15, -0.1) is 0 Å². The predicted molar refractivity (Wildman–Crippen MR) is 89.6 cm³/mol. The fourth-order valence-electron chi connectivity index (χ4n) is 2.06. The van der Waals surface area contributed by atoms with E-state index in [1.54, 1.807) is 4.90 Å². The van der Waals surface area contributed by atoms with Crippen molar-refractivity contribution in [3.63, 3.8) is 0 Å². The Labute approximate surface area is 154 Å². The van der Waals surface area contributed by atoms with Crippen LogP contribution in [0.25, 0.3) is 0 Å². The van der Waals surface area contributed by atoms with Gasteiger partial charge < -0.3 is 19.3 Å². The summed E-state index contributed by atoms with van der Waals surface area (Å²) in [7, 11) is 1.47. The summed E-state index contributed by atoms with van der Waals surface area (Å²) < 4.78 is 10.1. The van der Waals surface area contributed by atoms with E-state index in [0.717, 1.165) is 0 Å². The van der Waals surface area contributed by atoms with Crippen molar-refractivity contribution in [1.82, 2.24) is 14.8 Å². The molecule has 25 heavy (non-hydrogen) atoms. The Bertz CT molecular complexity index is 665. The SMILES string of the molecule is CN(CC(=O)N1CCOCC1)C(=O)COC(=O)c1cnc(Cl)c(Cl)c1. The Morgan fingerprint density at radius 2 is 2.00 bits per heavy atom. The van der Waals surface area contributed by atoms with Gasteiger partial charge in [0.25, 0.3) is 5.91 Å². The van der Waals surface area contributed by atoms with Crippen molar-refractivity contribution < 1.29 is 23.9 Å². The molecule has 1 aliphatic heterocycles. The van der Waals surface area contributed by atoms with Crippen LogP contribution in [-0.2, 0) is 19.1 Å². The molecule has 0 radical (unpaired) electrons. The number of hydrogen-bond donors (Lipinski definition) is 0. The molecule has 8 nitrogen and oxygen atoms in total. The number of rotatable bonds is 5. The molecule has 1 fully saturated rings. The van der Waals surface area contributed by atoms with E-state index in [-0.39, 0.29) is 28.2 Å². The molecule has 0 unspecified atom stereocenters. The summed E-state index contributed by atoms with van der Waals surface area (Å²) in [6, 6.07) is 1.30. The molecule has 2 amide bonds. The Morgan fingerprint density at radius 1 is 1.32 bits per heavy atom. The number of aromatic nitrogens is 1. The number of amides is 2. The van der Waals surface area contributed by atoms with Crippen LogP contribution < -0.4 is 0 Å². The minimum atomic E-state index is -0.757.